The minimum atomic E-state index is 0.113. The Morgan fingerprint density at radius 3 is 2.61 bits per heavy atom. The number of rotatable bonds is 1. The lowest BCUT2D eigenvalue weighted by Crippen LogP contribution is -2.48. The number of nitrogens with one attached hydrogen (secondary N) is 1. The van der Waals surface area contributed by atoms with Crippen LogP contribution in [-0.4, -0.2) is 37.0 Å². The zero-order chi connectivity index (χ0) is 15.7. The number of carbonyl (C=O) groups excluding carboxylic acids is 1. The number of likely N-dealkylation sites (tertiary alicyclic amines) is 1. The van der Waals surface area contributed by atoms with Crippen molar-refractivity contribution in [1.82, 2.24) is 10.2 Å². The van der Waals surface area contributed by atoms with Gasteiger partial charge in [0.2, 0.25) is 5.91 Å². The maximum absolute atomic E-state index is 13.1. The summed E-state index contributed by atoms with van der Waals surface area (Å²) in [5, 5.41) is 3.47. The first-order chi connectivity index (χ1) is 11.3. The van der Waals surface area contributed by atoms with Crippen LogP contribution in [0.15, 0.2) is 24.3 Å². The summed E-state index contributed by atoms with van der Waals surface area (Å²) >= 11 is 0. The Kier molecular flexibility index (Phi) is 4.14. The van der Waals surface area contributed by atoms with Crippen molar-refractivity contribution < 1.29 is 4.79 Å². The Hall–Kier alpha value is -1.35. The van der Waals surface area contributed by atoms with E-state index in [-0.39, 0.29) is 5.92 Å². The van der Waals surface area contributed by atoms with E-state index in [0.717, 1.165) is 45.4 Å². The molecule has 1 spiro atoms. The third-order valence-corrected chi connectivity index (χ3v) is 6.47. The van der Waals surface area contributed by atoms with E-state index in [1.807, 2.05) is 0 Å². The van der Waals surface area contributed by atoms with Gasteiger partial charge in [0.05, 0.1) is 5.92 Å². The SMILES string of the molecule is O=C(C1CCCc2ccccc21)N1CCC2(CCNCC2)CC1. The monoisotopic (exact) mass is 312 g/mol. The lowest BCUT2D eigenvalue weighted by Gasteiger charge is -2.45. The lowest BCUT2D eigenvalue weighted by molar-refractivity contribution is -0.135. The third kappa shape index (κ3) is 2.91. The molecular weight excluding hydrogens is 284 g/mol. The van der Waals surface area contributed by atoms with E-state index >= 15 is 0 Å². The number of hydrogen-bond donors (Lipinski definition) is 1. The number of benzene rings is 1. The van der Waals surface area contributed by atoms with Crippen LogP contribution in [0.4, 0.5) is 0 Å². The van der Waals surface area contributed by atoms with Crippen molar-refractivity contribution in [2.45, 2.75) is 50.9 Å². The van der Waals surface area contributed by atoms with Crippen LogP contribution in [0.1, 0.15) is 55.6 Å². The maximum atomic E-state index is 13.1. The summed E-state index contributed by atoms with van der Waals surface area (Å²) in [6, 6.07) is 8.57. The molecular formula is C20H28N2O. The fourth-order valence-electron chi connectivity index (χ4n) is 4.89. The average molecular weight is 312 g/mol. The first-order valence-electron chi connectivity index (χ1n) is 9.35. The zero-order valence-corrected chi connectivity index (χ0v) is 14.0. The summed E-state index contributed by atoms with van der Waals surface area (Å²) in [7, 11) is 0. The Morgan fingerprint density at radius 2 is 1.83 bits per heavy atom. The largest absolute Gasteiger partial charge is 0.342 e. The molecule has 4 rings (SSSR count). The van der Waals surface area contributed by atoms with Gasteiger partial charge < -0.3 is 10.2 Å². The van der Waals surface area contributed by atoms with Crippen LogP contribution in [0.5, 0.6) is 0 Å². The molecule has 2 heterocycles. The Balaban J connectivity index is 1.45. The predicted molar refractivity (Wildman–Crippen MR) is 92.5 cm³/mol. The van der Waals surface area contributed by atoms with Crippen LogP contribution in [0.25, 0.3) is 0 Å². The van der Waals surface area contributed by atoms with Crippen molar-refractivity contribution in [2.75, 3.05) is 26.2 Å². The normalized spacial score (nSPS) is 26.8. The molecule has 0 saturated carbocycles. The summed E-state index contributed by atoms with van der Waals surface area (Å²) in [5.41, 5.74) is 3.21. The molecule has 1 atom stereocenters. The number of aryl methyl sites for hydroxylation is 1. The first-order valence-corrected chi connectivity index (χ1v) is 9.35. The summed E-state index contributed by atoms with van der Waals surface area (Å²) in [6.45, 7) is 4.25. The first kappa shape index (κ1) is 15.2. The summed E-state index contributed by atoms with van der Waals surface area (Å²) in [5.74, 6) is 0.503. The van der Waals surface area contributed by atoms with Crippen LogP contribution in [0.2, 0.25) is 0 Å². The third-order valence-electron chi connectivity index (χ3n) is 6.47. The van der Waals surface area contributed by atoms with Gasteiger partial charge in [-0.05, 0) is 74.6 Å². The highest BCUT2D eigenvalue weighted by atomic mass is 16.2. The molecule has 1 aromatic rings. The average Bonchev–Trinajstić information content (AvgIpc) is 2.62. The smallest absolute Gasteiger partial charge is 0.230 e. The van der Waals surface area contributed by atoms with Gasteiger partial charge in [0.25, 0.3) is 0 Å². The molecule has 0 bridgehead atoms. The maximum Gasteiger partial charge on any atom is 0.230 e. The molecule has 1 N–H and O–H groups in total. The number of carbonyl (C=O) groups is 1. The Morgan fingerprint density at radius 1 is 1.09 bits per heavy atom. The molecule has 3 nitrogen and oxygen atoms in total. The van der Waals surface area contributed by atoms with E-state index < -0.39 is 0 Å². The molecule has 1 aromatic carbocycles. The molecule has 1 unspecified atom stereocenters. The second kappa shape index (κ2) is 6.27. The van der Waals surface area contributed by atoms with Crippen molar-refractivity contribution in [1.29, 1.82) is 0 Å². The molecule has 0 radical (unpaired) electrons. The van der Waals surface area contributed by atoms with Gasteiger partial charge >= 0.3 is 0 Å². The van der Waals surface area contributed by atoms with E-state index in [0.29, 0.717) is 11.3 Å². The van der Waals surface area contributed by atoms with Crippen LogP contribution in [-0.2, 0) is 11.2 Å². The Bertz CT molecular complexity index is 567. The highest BCUT2D eigenvalue weighted by Crippen LogP contribution is 2.41. The molecule has 1 aliphatic carbocycles. The second-order valence-electron chi connectivity index (χ2n) is 7.72. The fourth-order valence-corrected chi connectivity index (χ4v) is 4.89. The molecule has 2 aliphatic heterocycles. The molecule has 1 amide bonds. The lowest BCUT2D eigenvalue weighted by atomic mass is 9.71. The van der Waals surface area contributed by atoms with E-state index in [9.17, 15) is 4.79 Å². The van der Waals surface area contributed by atoms with Crippen molar-refractivity contribution in [3.8, 4) is 0 Å². The molecule has 124 valence electrons. The summed E-state index contributed by atoms with van der Waals surface area (Å²) in [4.78, 5) is 15.3. The van der Waals surface area contributed by atoms with Gasteiger partial charge in [-0.25, -0.2) is 0 Å². The molecule has 3 heteroatoms. The van der Waals surface area contributed by atoms with Gasteiger partial charge in [-0.2, -0.15) is 0 Å². The standard InChI is InChI=1S/C20H28N2O/c23-19(18-7-3-5-16-4-1-2-6-17(16)18)22-14-10-20(11-15-22)8-12-21-13-9-20/h1-2,4,6,18,21H,3,5,7-15H2. The number of piperidine rings is 2. The highest BCUT2D eigenvalue weighted by Gasteiger charge is 2.38. The predicted octanol–water partition coefficient (Wildman–Crippen LogP) is 3.10. The van der Waals surface area contributed by atoms with Gasteiger partial charge in [0.1, 0.15) is 0 Å². The number of amides is 1. The van der Waals surface area contributed by atoms with E-state index in [4.69, 9.17) is 0 Å². The number of nitrogens with zero attached hydrogens (tertiary/aromatic N) is 1. The van der Waals surface area contributed by atoms with Crippen molar-refractivity contribution in [2.24, 2.45) is 5.41 Å². The van der Waals surface area contributed by atoms with E-state index in [1.165, 1.54) is 36.8 Å². The van der Waals surface area contributed by atoms with Crippen molar-refractivity contribution in [3.05, 3.63) is 35.4 Å². The van der Waals surface area contributed by atoms with Gasteiger partial charge in [-0.15, -0.1) is 0 Å². The molecule has 2 saturated heterocycles. The molecule has 0 aromatic heterocycles. The van der Waals surface area contributed by atoms with E-state index in [2.05, 4.69) is 34.5 Å². The van der Waals surface area contributed by atoms with Crippen LogP contribution < -0.4 is 5.32 Å². The van der Waals surface area contributed by atoms with Gasteiger partial charge in [-0.1, -0.05) is 24.3 Å². The number of hydrogen-bond acceptors (Lipinski definition) is 2. The minimum absolute atomic E-state index is 0.113. The quantitative estimate of drug-likeness (QED) is 0.864. The summed E-state index contributed by atoms with van der Waals surface area (Å²) in [6.07, 6.45) is 8.31. The topological polar surface area (TPSA) is 32.3 Å². The van der Waals surface area contributed by atoms with Crippen molar-refractivity contribution >= 4 is 5.91 Å². The second-order valence-corrected chi connectivity index (χ2v) is 7.72. The number of fused-ring (bicyclic) bond motifs is 1. The van der Waals surface area contributed by atoms with Crippen molar-refractivity contribution in [3.63, 3.8) is 0 Å². The Labute approximate surface area is 139 Å². The minimum Gasteiger partial charge on any atom is -0.342 e. The van der Waals surface area contributed by atoms with Gasteiger partial charge in [0, 0.05) is 13.1 Å². The van der Waals surface area contributed by atoms with Crippen LogP contribution in [0, 0.1) is 5.41 Å². The summed E-state index contributed by atoms with van der Waals surface area (Å²) < 4.78 is 0. The van der Waals surface area contributed by atoms with Crippen LogP contribution in [0.3, 0.4) is 0 Å². The van der Waals surface area contributed by atoms with Gasteiger partial charge in [-0.3, -0.25) is 4.79 Å². The fraction of sp³-hybridized carbons (Fsp3) is 0.650. The zero-order valence-electron chi connectivity index (χ0n) is 14.0. The molecule has 23 heavy (non-hydrogen) atoms. The van der Waals surface area contributed by atoms with E-state index in [1.54, 1.807) is 0 Å². The molecule has 2 fully saturated rings. The van der Waals surface area contributed by atoms with Gasteiger partial charge in [0.15, 0.2) is 0 Å². The van der Waals surface area contributed by atoms with Crippen LogP contribution >= 0.6 is 0 Å². The molecule has 3 aliphatic rings. The highest BCUT2D eigenvalue weighted by molar-refractivity contribution is 5.84.